The number of guanidine groups is 1. The van der Waals surface area contributed by atoms with Gasteiger partial charge in [0.05, 0.1) is 6.54 Å². The molecule has 2 heterocycles. The molecule has 3 aromatic rings. The number of nitrogens with one attached hydrogen (secondary N) is 3. The van der Waals surface area contributed by atoms with Crippen LogP contribution in [-0.2, 0) is 6.54 Å². The summed E-state index contributed by atoms with van der Waals surface area (Å²) in [7, 11) is 1.74. The van der Waals surface area contributed by atoms with Gasteiger partial charge in [0, 0.05) is 19.2 Å². The minimum absolute atomic E-state index is 0.0803. The predicted molar refractivity (Wildman–Crippen MR) is 106 cm³/mol. The number of aromatic amines is 1. The van der Waals surface area contributed by atoms with Gasteiger partial charge in [-0.15, -0.1) is 0 Å². The van der Waals surface area contributed by atoms with E-state index < -0.39 is 0 Å². The second-order valence-electron chi connectivity index (χ2n) is 6.34. The molecular weight excluding hydrogens is 356 g/mol. The predicted octanol–water partition coefficient (Wildman–Crippen LogP) is 1.98. The molecule has 28 heavy (non-hydrogen) atoms. The normalized spacial score (nSPS) is 15.9. The molecule has 1 aliphatic rings. The topological polar surface area (TPSA) is 96.5 Å². The largest absolute Gasteiger partial charge is 0.486 e. The molecule has 1 atom stereocenters. The smallest absolute Gasteiger partial charge is 0.191 e. The molecule has 3 N–H and O–H groups in total. The van der Waals surface area contributed by atoms with Gasteiger partial charge in [-0.05, 0) is 23.8 Å². The summed E-state index contributed by atoms with van der Waals surface area (Å²) in [6.07, 6.45) is 1.42. The highest BCUT2D eigenvalue weighted by Gasteiger charge is 2.20. The molecule has 8 nitrogen and oxygen atoms in total. The lowest BCUT2D eigenvalue weighted by Gasteiger charge is -2.27. The number of nitrogens with zero attached hydrogens (tertiary/aromatic N) is 3. The molecule has 0 aliphatic carbocycles. The third kappa shape index (κ3) is 4.22. The van der Waals surface area contributed by atoms with Gasteiger partial charge in [-0.25, -0.2) is 4.98 Å². The Morgan fingerprint density at radius 1 is 1.18 bits per heavy atom. The quantitative estimate of drug-likeness (QED) is 0.464. The third-order valence-corrected chi connectivity index (χ3v) is 4.36. The van der Waals surface area contributed by atoms with Crippen LogP contribution < -0.4 is 20.1 Å². The van der Waals surface area contributed by atoms with E-state index in [1.807, 2.05) is 36.4 Å². The third-order valence-electron chi connectivity index (χ3n) is 4.36. The molecule has 144 valence electrons. The van der Waals surface area contributed by atoms with Crippen molar-refractivity contribution in [1.82, 2.24) is 25.8 Å². The average molecular weight is 378 g/mol. The Hall–Kier alpha value is -3.55. The Balaban J connectivity index is 1.29. The standard InChI is InChI=1S/C20H22N6O2/c1-21-20(23-11-16-12-27-17-7-2-3-8-18(17)28-16)22-10-14-5-4-6-15(9-14)19-24-13-25-26-19/h2-9,13,16H,10-12H2,1H3,(H2,21,22,23)(H,24,25,26). The first-order valence-electron chi connectivity index (χ1n) is 9.09. The van der Waals surface area contributed by atoms with E-state index in [0.29, 0.717) is 25.7 Å². The van der Waals surface area contributed by atoms with Gasteiger partial charge in [0.25, 0.3) is 0 Å². The number of rotatable bonds is 5. The van der Waals surface area contributed by atoms with E-state index in [1.165, 1.54) is 6.33 Å². The van der Waals surface area contributed by atoms with Gasteiger partial charge in [-0.3, -0.25) is 10.1 Å². The summed E-state index contributed by atoms with van der Waals surface area (Å²) in [5, 5.41) is 13.4. The maximum Gasteiger partial charge on any atom is 0.191 e. The number of hydrogen-bond acceptors (Lipinski definition) is 5. The van der Waals surface area contributed by atoms with Crippen LogP contribution in [0.1, 0.15) is 5.56 Å². The van der Waals surface area contributed by atoms with Gasteiger partial charge < -0.3 is 20.1 Å². The van der Waals surface area contributed by atoms with E-state index in [4.69, 9.17) is 9.47 Å². The zero-order valence-corrected chi connectivity index (χ0v) is 15.6. The van der Waals surface area contributed by atoms with Gasteiger partial charge in [0.15, 0.2) is 23.3 Å². The fourth-order valence-electron chi connectivity index (χ4n) is 2.95. The van der Waals surface area contributed by atoms with Crippen LogP contribution in [0, 0.1) is 0 Å². The summed E-state index contributed by atoms with van der Waals surface area (Å²) < 4.78 is 11.7. The van der Waals surface area contributed by atoms with Gasteiger partial charge in [-0.1, -0.05) is 30.3 Å². The molecule has 0 amide bonds. The Morgan fingerprint density at radius 3 is 2.89 bits per heavy atom. The maximum atomic E-state index is 5.96. The Labute approximate surface area is 163 Å². The van der Waals surface area contributed by atoms with Gasteiger partial charge in [0.1, 0.15) is 19.0 Å². The van der Waals surface area contributed by atoms with Crippen molar-refractivity contribution >= 4 is 5.96 Å². The van der Waals surface area contributed by atoms with Gasteiger partial charge >= 0.3 is 0 Å². The van der Waals surface area contributed by atoms with Crippen molar-refractivity contribution in [2.75, 3.05) is 20.2 Å². The van der Waals surface area contributed by atoms with Crippen molar-refractivity contribution in [3.05, 3.63) is 60.4 Å². The molecule has 0 bridgehead atoms. The van der Waals surface area contributed by atoms with Crippen LogP contribution in [0.25, 0.3) is 11.4 Å². The van der Waals surface area contributed by atoms with Crippen LogP contribution in [0.2, 0.25) is 0 Å². The van der Waals surface area contributed by atoms with Crippen molar-refractivity contribution in [3.8, 4) is 22.9 Å². The molecule has 8 heteroatoms. The van der Waals surface area contributed by atoms with E-state index in [1.54, 1.807) is 7.05 Å². The van der Waals surface area contributed by atoms with Crippen molar-refractivity contribution in [2.24, 2.45) is 4.99 Å². The van der Waals surface area contributed by atoms with Crippen LogP contribution in [0.3, 0.4) is 0 Å². The summed E-state index contributed by atoms with van der Waals surface area (Å²) in [5.74, 6) is 3.01. The first-order valence-corrected chi connectivity index (χ1v) is 9.09. The molecule has 0 saturated heterocycles. The zero-order valence-electron chi connectivity index (χ0n) is 15.6. The number of aliphatic imine (C=N–C) groups is 1. The first kappa shape index (κ1) is 17.8. The van der Waals surface area contributed by atoms with E-state index >= 15 is 0 Å². The van der Waals surface area contributed by atoms with Crippen LogP contribution in [0.15, 0.2) is 59.9 Å². The lowest BCUT2D eigenvalue weighted by molar-refractivity contribution is 0.0936. The molecule has 0 saturated carbocycles. The number of hydrogen-bond donors (Lipinski definition) is 3. The van der Waals surface area contributed by atoms with Crippen LogP contribution in [-0.4, -0.2) is 47.4 Å². The van der Waals surface area contributed by atoms with E-state index in [0.717, 1.165) is 28.5 Å². The van der Waals surface area contributed by atoms with Crippen molar-refractivity contribution in [3.63, 3.8) is 0 Å². The summed E-state index contributed by atoms with van der Waals surface area (Å²) >= 11 is 0. The molecule has 1 aliphatic heterocycles. The molecule has 0 fully saturated rings. The van der Waals surface area contributed by atoms with Crippen LogP contribution in [0.5, 0.6) is 11.5 Å². The SMILES string of the molecule is CN=C(NCc1cccc(-c2ncn[nH]2)c1)NCC1COc2ccccc2O1. The summed E-state index contributed by atoms with van der Waals surface area (Å²) in [4.78, 5) is 8.46. The second kappa shape index (κ2) is 8.43. The van der Waals surface area contributed by atoms with E-state index in [-0.39, 0.29) is 6.10 Å². The number of aromatic nitrogens is 3. The molecule has 0 radical (unpaired) electrons. The minimum atomic E-state index is -0.0803. The van der Waals surface area contributed by atoms with Gasteiger partial charge in [-0.2, -0.15) is 5.10 Å². The molecule has 2 aromatic carbocycles. The summed E-state index contributed by atoms with van der Waals surface area (Å²) in [6, 6.07) is 15.8. The van der Waals surface area contributed by atoms with Crippen LogP contribution >= 0.6 is 0 Å². The van der Waals surface area contributed by atoms with E-state index in [9.17, 15) is 0 Å². The van der Waals surface area contributed by atoms with Crippen molar-refractivity contribution < 1.29 is 9.47 Å². The van der Waals surface area contributed by atoms with Crippen molar-refractivity contribution in [2.45, 2.75) is 12.6 Å². The highest BCUT2D eigenvalue weighted by atomic mass is 16.6. The molecule has 1 unspecified atom stereocenters. The highest BCUT2D eigenvalue weighted by Crippen LogP contribution is 2.30. The molecule has 1 aromatic heterocycles. The fourth-order valence-corrected chi connectivity index (χ4v) is 2.95. The molecule has 0 spiro atoms. The van der Waals surface area contributed by atoms with Crippen molar-refractivity contribution in [1.29, 1.82) is 0 Å². The lowest BCUT2D eigenvalue weighted by atomic mass is 10.1. The maximum absolute atomic E-state index is 5.96. The highest BCUT2D eigenvalue weighted by molar-refractivity contribution is 5.79. The van der Waals surface area contributed by atoms with E-state index in [2.05, 4.69) is 42.9 Å². The monoisotopic (exact) mass is 378 g/mol. The first-order chi connectivity index (χ1) is 13.8. The Morgan fingerprint density at radius 2 is 2.07 bits per heavy atom. The number of ether oxygens (including phenoxy) is 2. The molecular formula is C20H22N6O2. The summed E-state index contributed by atoms with van der Waals surface area (Å²) in [6.45, 7) is 1.72. The number of para-hydroxylation sites is 2. The zero-order chi connectivity index (χ0) is 19.2. The average Bonchev–Trinajstić information content (AvgIpc) is 3.29. The molecule has 4 rings (SSSR count). The second-order valence-corrected chi connectivity index (χ2v) is 6.34. The minimum Gasteiger partial charge on any atom is -0.486 e. The van der Waals surface area contributed by atoms with Gasteiger partial charge in [0.2, 0.25) is 0 Å². The fraction of sp³-hybridized carbons (Fsp3) is 0.250. The van der Waals surface area contributed by atoms with Crippen LogP contribution in [0.4, 0.5) is 0 Å². The number of fused-ring (bicyclic) bond motifs is 1. The Kier molecular flexibility index (Phi) is 5.37. The lowest BCUT2D eigenvalue weighted by Crippen LogP contribution is -2.45. The summed E-state index contributed by atoms with van der Waals surface area (Å²) in [5.41, 5.74) is 2.11. The number of benzene rings is 2. The number of H-pyrrole nitrogens is 1. The Bertz CT molecular complexity index is 941.